The lowest BCUT2D eigenvalue weighted by molar-refractivity contribution is 0.0152. The summed E-state index contributed by atoms with van der Waals surface area (Å²) in [6.07, 6.45) is 7.10. The number of nitrogens with zero attached hydrogens (tertiary/aromatic N) is 1. The van der Waals surface area contributed by atoms with Crippen LogP contribution in [0.15, 0.2) is 0 Å². The molecule has 2 atom stereocenters. The standard InChI is InChI=1S/C13H23NO2.H3N/c1-13(2,3)16-12(15)14-10-6-4-5-7-11(14)9-8-10;/h10-11H,4-9H2,1-3H3;1H3. The first-order valence-corrected chi connectivity index (χ1v) is 6.49. The van der Waals surface area contributed by atoms with E-state index in [1.165, 1.54) is 25.7 Å². The third-order valence-corrected chi connectivity index (χ3v) is 3.55. The molecule has 2 rings (SSSR count). The molecular formula is C13H26N2O2. The summed E-state index contributed by atoms with van der Waals surface area (Å²) in [5, 5.41) is 0. The van der Waals surface area contributed by atoms with Crippen LogP contribution in [0, 0.1) is 0 Å². The fraction of sp³-hybridized carbons (Fsp3) is 0.923. The number of rotatable bonds is 0. The third kappa shape index (κ3) is 3.35. The summed E-state index contributed by atoms with van der Waals surface area (Å²) in [4.78, 5) is 14.2. The molecule has 0 aromatic heterocycles. The molecule has 2 unspecified atom stereocenters. The summed E-state index contributed by atoms with van der Waals surface area (Å²) in [5.41, 5.74) is -0.372. The molecule has 2 heterocycles. The van der Waals surface area contributed by atoms with Crippen molar-refractivity contribution in [2.75, 3.05) is 0 Å². The summed E-state index contributed by atoms with van der Waals surface area (Å²) in [6, 6.07) is 0.893. The minimum absolute atomic E-state index is 0. The molecule has 0 aliphatic carbocycles. The third-order valence-electron chi connectivity index (χ3n) is 3.55. The van der Waals surface area contributed by atoms with Gasteiger partial charge >= 0.3 is 6.09 Å². The van der Waals surface area contributed by atoms with Crippen LogP contribution in [-0.4, -0.2) is 28.7 Å². The van der Waals surface area contributed by atoms with Crippen molar-refractivity contribution >= 4 is 6.09 Å². The number of amides is 1. The molecule has 4 heteroatoms. The van der Waals surface area contributed by atoms with E-state index in [0.717, 1.165) is 12.8 Å². The van der Waals surface area contributed by atoms with Crippen molar-refractivity contribution in [3.8, 4) is 0 Å². The molecule has 0 spiro atoms. The molecule has 4 nitrogen and oxygen atoms in total. The summed E-state index contributed by atoms with van der Waals surface area (Å²) in [5.74, 6) is 0. The zero-order valence-electron chi connectivity index (χ0n) is 11.4. The smallest absolute Gasteiger partial charge is 0.410 e. The molecule has 3 N–H and O–H groups in total. The average molecular weight is 242 g/mol. The van der Waals surface area contributed by atoms with Gasteiger partial charge in [0.1, 0.15) is 5.60 Å². The van der Waals surface area contributed by atoms with Crippen LogP contribution >= 0.6 is 0 Å². The molecular weight excluding hydrogens is 216 g/mol. The number of hydrogen-bond acceptors (Lipinski definition) is 3. The lowest BCUT2D eigenvalue weighted by Gasteiger charge is -2.31. The van der Waals surface area contributed by atoms with Crippen molar-refractivity contribution in [3.63, 3.8) is 0 Å². The quantitative estimate of drug-likeness (QED) is 0.707. The molecule has 100 valence electrons. The highest BCUT2D eigenvalue weighted by molar-refractivity contribution is 5.69. The predicted molar refractivity (Wildman–Crippen MR) is 68.4 cm³/mol. The SMILES string of the molecule is CC(C)(C)OC(=O)N1C2CCCCC1CC2.N. The van der Waals surface area contributed by atoms with E-state index in [9.17, 15) is 4.79 Å². The van der Waals surface area contributed by atoms with Gasteiger partial charge in [0.15, 0.2) is 0 Å². The Bertz CT molecular complexity index is 259. The van der Waals surface area contributed by atoms with Gasteiger partial charge in [-0.1, -0.05) is 12.8 Å². The molecule has 0 radical (unpaired) electrons. The van der Waals surface area contributed by atoms with Crippen molar-refractivity contribution in [1.29, 1.82) is 0 Å². The van der Waals surface area contributed by atoms with Gasteiger partial charge in [0.2, 0.25) is 0 Å². The van der Waals surface area contributed by atoms with Gasteiger partial charge in [-0.3, -0.25) is 0 Å². The van der Waals surface area contributed by atoms with E-state index in [-0.39, 0.29) is 17.8 Å². The van der Waals surface area contributed by atoms with E-state index in [1.807, 2.05) is 25.7 Å². The van der Waals surface area contributed by atoms with E-state index in [1.54, 1.807) is 0 Å². The first kappa shape index (κ1) is 14.3. The van der Waals surface area contributed by atoms with Gasteiger partial charge in [-0.05, 0) is 46.5 Å². The molecule has 2 bridgehead atoms. The van der Waals surface area contributed by atoms with E-state index < -0.39 is 0 Å². The van der Waals surface area contributed by atoms with Crippen molar-refractivity contribution < 1.29 is 9.53 Å². The van der Waals surface area contributed by atoms with Crippen molar-refractivity contribution in [1.82, 2.24) is 11.1 Å². The number of hydrogen-bond donors (Lipinski definition) is 1. The Morgan fingerprint density at radius 1 is 1.06 bits per heavy atom. The zero-order valence-corrected chi connectivity index (χ0v) is 11.4. The monoisotopic (exact) mass is 242 g/mol. The Morgan fingerprint density at radius 2 is 1.53 bits per heavy atom. The molecule has 0 aromatic carbocycles. The van der Waals surface area contributed by atoms with Gasteiger partial charge in [0.05, 0.1) is 0 Å². The van der Waals surface area contributed by atoms with E-state index >= 15 is 0 Å². The van der Waals surface area contributed by atoms with Gasteiger partial charge < -0.3 is 15.8 Å². The fourth-order valence-corrected chi connectivity index (χ4v) is 2.90. The fourth-order valence-electron chi connectivity index (χ4n) is 2.90. The highest BCUT2D eigenvalue weighted by Gasteiger charge is 2.39. The Hall–Kier alpha value is -0.770. The number of fused-ring (bicyclic) bond motifs is 2. The van der Waals surface area contributed by atoms with Crippen LogP contribution in [0.2, 0.25) is 0 Å². The van der Waals surface area contributed by atoms with E-state index in [2.05, 4.69) is 0 Å². The Labute approximate surface area is 104 Å². The number of ether oxygens (including phenoxy) is 1. The summed E-state index contributed by atoms with van der Waals surface area (Å²) in [6.45, 7) is 5.81. The topological polar surface area (TPSA) is 64.5 Å². The summed E-state index contributed by atoms with van der Waals surface area (Å²) in [7, 11) is 0. The van der Waals surface area contributed by atoms with Gasteiger partial charge in [-0.15, -0.1) is 0 Å². The first-order chi connectivity index (χ1) is 7.47. The molecule has 17 heavy (non-hydrogen) atoms. The molecule has 0 saturated carbocycles. The molecule has 2 aliphatic rings. The molecule has 2 fully saturated rings. The molecule has 1 amide bonds. The van der Waals surface area contributed by atoms with Crippen LogP contribution in [0.5, 0.6) is 0 Å². The van der Waals surface area contributed by atoms with Gasteiger partial charge in [0.25, 0.3) is 0 Å². The second-order valence-electron chi connectivity index (χ2n) is 6.06. The summed E-state index contributed by atoms with van der Waals surface area (Å²) >= 11 is 0. The normalized spacial score (nSPS) is 28.3. The average Bonchev–Trinajstić information content (AvgIpc) is 2.36. The highest BCUT2D eigenvalue weighted by atomic mass is 16.6. The van der Waals surface area contributed by atoms with Crippen LogP contribution in [0.25, 0.3) is 0 Å². The van der Waals surface area contributed by atoms with Crippen molar-refractivity contribution in [2.45, 2.75) is 77.0 Å². The van der Waals surface area contributed by atoms with Crippen molar-refractivity contribution in [2.24, 2.45) is 0 Å². The van der Waals surface area contributed by atoms with Gasteiger partial charge in [-0.25, -0.2) is 4.79 Å². The minimum Gasteiger partial charge on any atom is -0.444 e. The van der Waals surface area contributed by atoms with E-state index in [4.69, 9.17) is 4.74 Å². The molecule has 0 aromatic rings. The highest BCUT2D eigenvalue weighted by Crippen LogP contribution is 2.35. The summed E-state index contributed by atoms with van der Waals surface area (Å²) < 4.78 is 5.50. The number of carbonyl (C=O) groups is 1. The number of carbonyl (C=O) groups excluding carboxylic acids is 1. The van der Waals surface area contributed by atoms with Gasteiger partial charge in [-0.2, -0.15) is 0 Å². The molecule has 2 aliphatic heterocycles. The van der Waals surface area contributed by atoms with Crippen LogP contribution < -0.4 is 6.15 Å². The Balaban J connectivity index is 0.00000144. The second kappa shape index (κ2) is 5.25. The largest absolute Gasteiger partial charge is 0.444 e. The van der Waals surface area contributed by atoms with Crippen LogP contribution in [0.4, 0.5) is 4.79 Å². The lowest BCUT2D eigenvalue weighted by Crippen LogP contribution is -2.43. The van der Waals surface area contributed by atoms with Gasteiger partial charge in [0, 0.05) is 12.1 Å². The van der Waals surface area contributed by atoms with Crippen LogP contribution in [0.1, 0.15) is 59.3 Å². The second-order valence-corrected chi connectivity index (χ2v) is 6.06. The maximum Gasteiger partial charge on any atom is 0.410 e. The maximum atomic E-state index is 12.1. The zero-order chi connectivity index (χ0) is 11.8. The van der Waals surface area contributed by atoms with E-state index in [0.29, 0.717) is 12.1 Å². The Morgan fingerprint density at radius 3 is 1.94 bits per heavy atom. The maximum absolute atomic E-state index is 12.1. The van der Waals surface area contributed by atoms with Crippen molar-refractivity contribution in [3.05, 3.63) is 0 Å². The Kier molecular flexibility index (Phi) is 4.42. The predicted octanol–water partition coefficient (Wildman–Crippen LogP) is 3.49. The van der Waals surface area contributed by atoms with Crippen LogP contribution in [0.3, 0.4) is 0 Å². The minimum atomic E-state index is -0.372. The lowest BCUT2D eigenvalue weighted by atomic mass is 10.0. The first-order valence-electron chi connectivity index (χ1n) is 6.49. The van der Waals surface area contributed by atoms with Crippen LogP contribution in [-0.2, 0) is 4.74 Å². The molecule has 2 saturated heterocycles.